The summed E-state index contributed by atoms with van der Waals surface area (Å²) in [6.45, 7) is 4.74. The van der Waals surface area contributed by atoms with Gasteiger partial charge in [-0.25, -0.2) is 0 Å². The molecule has 0 atom stereocenters. The topological polar surface area (TPSA) is 71.9 Å². The van der Waals surface area contributed by atoms with Crippen molar-refractivity contribution in [2.24, 2.45) is 0 Å². The van der Waals surface area contributed by atoms with E-state index in [1.807, 2.05) is 42.7 Å². The van der Waals surface area contributed by atoms with E-state index in [1.165, 1.54) is 0 Å². The van der Waals surface area contributed by atoms with Gasteiger partial charge in [0.1, 0.15) is 0 Å². The highest BCUT2D eigenvalue weighted by atomic mass is 35.5. The smallest absolute Gasteiger partial charge is 0.226 e. The summed E-state index contributed by atoms with van der Waals surface area (Å²) in [5.74, 6) is 1.01. The molecule has 1 amide bonds. The summed E-state index contributed by atoms with van der Waals surface area (Å²) in [5.41, 5.74) is 2.65. The zero-order valence-corrected chi connectivity index (χ0v) is 17.2. The van der Waals surface area contributed by atoms with E-state index in [0.717, 1.165) is 11.1 Å². The van der Waals surface area contributed by atoms with Crippen LogP contribution in [0.15, 0.2) is 42.5 Å². The Morgan fingerprint density at radius 2 is 2.04 bits per heavy atom. The number of aryl methyl sites for hydroxylation is 1. The number of ether oxygens (including phenoxy) is 1. The maximum atomic E-state index is 12.5. The summed E-state index contributed by atoms with van der Waals surface area (Å²) in [7, 11) is 0. The Balaban J connectivity index is 1.73. The van der Waals surface area contributed by atoms with Crippen molar-refractivity contribution in [3.8, 4) is 17.1 Å². The average Bonchev–Trinajstić information content (AvgIpc) is 3.04. The lowest BCUT2D eigenvalue weighted by molar-refractivity contribution is -0.116. The summed E-state index contributed by atoms with van der Waals surface area (Å²) < 4.78 is 7.83. The van der Waals surface area contributed by atoms with Gasteiger partial charge in [-0.2, -0.15) is 5.10 Å². The molecule has 3 rings (SSSR count). The van der Waals surface area contributed by atoms with Crippen molar-refractivity contribution < 1.29 is 9.53 Å². The maximum absolute atomic E-state index is 12.5. The molecule has 2 aromatic carbocycles. The minimum Gasteiger partial charge on any atom is -0.490 e. The number of rotatable bonds is 7. The quantitative estimate of drug-likeness (QED) is 0.532. The van der Waals surface area contributed by atoms with E-state index in [9.17, 15) is 4.79 Å². The van der Waals surface area contributed by atoms with Crippen molar-refractivity contribution in [3.05, 3.63) is 57.8 Å². The minimum absolute atomic E-state index is 0.166. The predicted molar refractivity (Wildman–Crippen MR) is 113 cm³/mol. The molecule has 146 valence electrons. The van der Waals surface area contributed by atoms with Gasteiger partial charge in [0.05, 0.1) is 17.3 Å². The summed E-state index contributed by atoms with van der Waals surface area (Å²) in [6.07, 6.45) is 0.227. The van der Waals surface area contributed by atoms with Crippen LogP contribution in [0.4, 0.5) is 5.69 Å². The summed E-state index contributed by atoms with van der Waals surface area (Å²) in [5, 5.41) is 10.4. The third-order valence-corrected chi connectivity index (χ3v) is 4.77. The number of anilines is 1. The third-order valence-electron chi connectivity index (χ3n) is 4.16. The molecule has 2 N–H and O–H groups in total. The maximum Gasteiger partial charge on any atom is 0.226 e. The zero-order chi connectivity index (χ0) is 20.1. The van der Waals surface area contributed by atoms with E-state index in [4.69, 9.17) is 28.6 Å². The molecular formula is C20H21ClN4O2S. The number of nitrogens with one attached hydrogen (secondary N) is 2. The number of aromatic amines is 1. The summed E-state index contributed by atoms with van der Waals surface area (Å²) >= 11 is 11.5. The van der Waals surface area contributed by atoms with Gasteiger partial charge >= 0.3 is 0 Å². The SMILES string of the molecule is CCOc1c(Cl)cccc1NC(=O)CCn1c(-c2ccc(C)cc2)n[nH]c1=S. The van der Waals surface area contributed by atoms with Crippen molar-refractivity contribution in [2.75, 3.05) is 11.9 Å². The number of H-pyrrole nitrogens is 1. The van der Waals surface area contributed by atoms with E-state index in [-0.39, 0.29) is 12.3 Å². The first-order valence-electron chi connectivity index (χ1n) is 8.93. The molecule has 0 aliphatic carbocycles. The van der Waals surface area contributed by atoms with Crippen LogP contribution >= 0.6 is 23.8 Å². The number of aromatic nitrogens is 3. The van der Waals surface area contributed by atoms with Gasteiger partial charge in [-0.3, -0.25) is 14.5 Å². The van der Waals surface area contributed by atoms with Crippen LogP contribution < -0.4 is 10.1 Å². The highest BCUT2D eigenvalue weighted by molar-refractivity contribution is 7.71. The number of hydrogen-bond acceptors (Lipinski definition) is 4. The lowest BCUT2D eigenvalue weighted by atomic mass is 10.1. The van der Waals surface area contributed by atoms with E-state index >= 15 is 0 Å². The molecule has 0 saturated carbocycles. The molecule has 8 heteroatoms. The van der Waals surface area contributed by atoms with Gasteiger partial charge in [0.25, 0.3) is 0 Å². The number of nitrogens with zero attached hydrogens (tertiary/aromatic N) is 2. The monoisotopic (exact) mass is 416 g/mol. The van der Waals surface area contributed by atoms with Crippen molar-refractivity contribution in [1.29, 1.82) is 0 Å². The number of para-hydroxylation sites is 1. The molecule has 0 bridgehead atoms. The summed E-state index contributed by atoms with van der Waals surface area (Å²) in [4.78, 5) is 12.5. The second-order valence-electron chi connectivity index (χ2n) is 6.22. The molecule has 0 radical (unpaired) electrons. The number of amides is 1. The van der Waals surface area contributed by atoms with Crippen LogP contribution in [0.2, 0.25) is 5.02 Å². The van der Waals surface area contributed by atoms with Gasteiger partial charge in [0.2, 0.25) is 5.91 Å². The highest BCUT2D eigenvalue weighted by Gasteiger charge is 2.13. The van der Waals surface area contributed by atoms with E-state index in [2.05, 4.69) is 15.5 Å². The lowest BCUT2D eigenvalue weighted by Gasteiger charge is -2.13. The van der Waals surface area contributed by atoms with Crippen LogP contribution in [0.25, 0.3) is 11.4 Å². The fourth-order valence-electron chi connectivity index (χ4n) is 2.77. The molecule has 0 spiro atoms. The summed E-state index contributed by atoms with van der Waals surface area (Å²) in [6, 6.07) is 13.2. The second kappa shape index (κ2) is 9.03. The molecule has 6 nitrogen and oxygen atoms in total. The minimum atomic E-state index is -0.166. The molecule has 0 fully saturated rings. The van der Waals surface area contributed by atoms with Gasteiger partial charge in [0.15, 0.2) is 16.3 Å². The van der Waals surface area contributed by atoms with Crippen LogP contribution in [-0.4, -0.2) is 27.3 Å². The lowest BCUT2D eigenvalue weighted by Crippen LogP contribution is -2.16. The fourth-order valence-corrected chi connectivity index (χ4v) is 3.22. The largest absolute Gasteiger partial charge is 0.490 e. The molecule has 1 heterocycles. The van der Waals surface area contributed by atoms with Crippen LogP contribution in [-0.2, 0) is 11.3 Å². The Morgan fingerprint density at radius 1 is 1.29 bits per heavy atom. The Labute approximate surface area is 173 Å². The van der Waals surface area contributed by atoms with Gasteiger partial charge in [-0.1, -0.05) is 47.5 Å². The molecule has 3 aromatic rings. The number of hydrogen-bond donors (Lipinski definition) is 2. The zero-order valence-electron chi connectivity index (χ0n) is 15.7. The Morgan fingerprint density at radius 3 is 2.75 bits per heavy atom. The van der Waals surface area contributed by atoms with E-state index in [0.29, 0.717) is 40.2 Å². The first-order valence-corrected chi connectivity index (χ1v) is 9.71. The Kier molecular flexibility index (Phi) is 6.49. The average molecular weight is 417 g/mol. The molecule has 1 aromatic heterocycles. The van der Waals surface area contributed by atoms with Crippen LogP contribution in [0, 0.1) is 11.7 Å². The first kappa shape index (κ1) is 20.1. The van der Waals surface area contributed by atoms with Crippen LogP contribution in [0.1, 0.15) is 18.9 Å². The molecule has 0 unspecified atom stereocenters. The predicted octanol–water partition coefficient (Wildman–Crippen LogP) is 5.00. The van der Waals surface area contributed by atoms with Gasteiger partial charge in [-0.05, 0) is 38.2 Å². The van der Waals surface area contributed by atoms with Crippen LogP contribution in [0.5, 0.6) is 5.75 Å². The van der Waals surface area contributed by atoms with Gasteiger partial charge in [0, 0.05) is 18.5 Å². The number of halogens is 1. The molecule has 0 saturated heterocycles. The second-order valence-corrected chi connectivity index (χ2v) is 7.01. The number of carbonyl (C=O) groups excluding carboxylic acids is 1. The standard InChI is InChI=1S/C20H21ClN4O2S/c1-3-27-18-15(21)5-4-6-16(18)22-17(26)11-12-25-19(23-24-20(25)28)14-9-7-13(2)8-10-14/h4-10H,3,11-12H2,1-2H3,(H,22,26)(H,24,28). The number of carbonyl (C=O) groups is 1. The van der Waals surface area contributed by atoms with Crippen molar-refractivity contribution in [2.45, 2.75) is 26.8 Å². The third kappa shape index (κ3) is 4.61. The Hall–Kier alpha value is -2.64. The molecule has 28 heavy (non-hydrogen) atoms. The molecule has 0 aliphatic rings. The van der Waals surface area contributed by atoms with Crippen molar-refractivity contribution in [3.63, 3.8) is 0 Å². The van der Waals surface area contributed by atoms with Crippen LogP contribution in [0.3, 0.4) is 0 Å². The van der Waals surface area contributed by atoms with Crippen molar-refractivity contribution in [1.82, 2.24) is 14.8 Å². The first-order chi connectivity index (χ1) is 13.5. The van der Waals surface area contributed by atoms with Gasteiger partial charge < -0.3 is 10.1 Å². The van der Waals surface area contributed by atoms with Gasteiger partial charge in [-0.15, -0.1) is 0 Å². The molecule has 0 aliphatic heterocycles. The number of benzene rings is 2. The van der Waals surface area contributed by atoms with E-state index in [1.54, 1.807) is 18.2 Å². The normalized spacial score (nSPS) is 10.7. The van der Waals surface area contributed by atoms with E-state index < -0.39 is 0 Å². The van der Waals surface area contributed by atoms with Crippen molar-refractivity contribution >= 4 is 35.4 Å². The highest BCUT2D eigenvalue weighted by Crippen LogP contribution is 2.33. The molecular weight excluding hydrogens is 396 g/mol. The fraction of sp³-hybridized carbons (Fsp3) is 0.250. The Bertz CT molecular complexity index is 1030.